The second-order valence-electron chi connectivity index (χ2n) is 8.31. The predicted molar refractivity (Wildman–Crippen MR) is 137 cm³/mol. The normalized spacial score (nSPS) is 15.2. The average Bonchev–Trinajstić information content (AvgIpc) is 2.88. The minimum Gasteiger partial charge on any atom is -0.480 e. The molecule has 1 atom stereocenters. The summed E-state index contributed by atoms with van der Waals surface area (Å²) in [4.78, 5) is 13.1. The Labute approximate surface area is 206 Å². The van der Waals surface area contributed by atoms with Crippen LogP contribution in [0.15, 0.2) is 78.9 Å². The third-order valence-corrected chi connectivity index (χ3v) is 7.52. The first kappa shape index (κ1) is 24.5. The van der Waals surface area contributed by atoms with E-state index in [-0.39, 0.29) is 13.1 Å². The first-order valence-corrected chi connectivity index (χ1v) is 12.8. The molecule has 0 amide bonds. The summed E-state index contributed by atoms with van der Waals surface area (Å²) in [6.45, 7) is 2.89. The SMILES string of the molecule is C[C@@H](NS(=O)(=O)N1CCN(c2ccc(C#Cc3cccc(-c4ccccc4)c3)cc2)CC1)C(=O)O. The smallest absolute Gasteiger partial charge is 0.321 e. The van der Waals surface area contributed by atoms with Gasteiger partial charge in [-0.05, 0) is 54.4 Å². The van der Waals surface area contributed by atoms with Gasteiger partial charge >= 0.3 is 5.97 Å². The molecule has 2 N–H and O–H groups in total. The molecule has 0 aromatic heterocycles. The van der Waals surface area contributed by atoms with Crippen molar-refractivity contribution in [2.75, 3.05) is 31.1 Å². The number of rotatable bonds is 6. The second kappa shape index (κ2) is 10.7. The van der Waals surface area contributed by atoms with Crippen LogP contribution in [0.5, 0.6) is 0 Å². The van der Waals surface area contributed by atoms with Crippen molar-refractivity contribution in [2.24, 2.45) is 0 Å². The Morgan fingerprint density at radius 2 is 1.49 bits per heavy atom. The van der Waals surface area contributed by atoms with Crippen LogP contribution in [0.2, 0.25) is 0 Å². The summed E-state index contributed by atoms with van der Waals surface area (Å²) in [7, 11) is -3.84. The molecule has 0 aliphatic carbocycles. The summed E-state index contributed by atoms with van der Waals surface area (Å²) in [5.41, 5.74) is 5.11. The molecular formula is C27H27N3O4S. The standard InChI is InChI=1S/C27H27N3O4S/c1-21(27(31)32)28-35(33,34)30-18-16-29(17-19-30)26-14-12-22(13-15-26)10-11-23-6-5-9-25(20-23)24-7-3-2-4-8-24/h2-9,12-15,20-21,28H,16-19H2,1H3,(H,31,32)/t21-/m1/s1. The van der Waals surface area contributed by atoms with E-state index in [1.807, 2.05) is 54.6 Å². The van der Waals surface area contributed by atoms with Crippen LogP contribution in [0.25, 0.3) is 11.1 Å². The number of carbonyl (C=O) groups is 1. The number of benzene rings is 3. The van der Waals surface area contributed by atoms with Gasteiger partial charge in [0.05, 0.1) is 0 Å². The summed E-state index contributed by atoms with van der Waals surface area (Å²) in [6.07, 6.45) is 0. The van der Waals surface area contributed by atoms with Gasteiger partial charge in [-0.3, -0.25) is 4.79 Å². The third kappa shape index (κ3) is 6.28. The number of aliphatic carboxylic acids is 1. The Balaban J connectivity index is 1.37. The first-order valence-electron chi connectivity index (χ1n) is 11.3. The van der Waals surface area contributed by atoms with Gasteiger partial charge < -0.3 is 10.0 Å². The quantitative estimate of drug-likeness (QED) is 0.519. The zero-order valence-corrected chi connectivity index (χ0v) is 20.2. The Morgan fingerprint density at radius 3 is 2.14 bits per heavy atom. The first-order chi connectivity index (χ1) is 16.8. The molecule has 180 valence electrons. The van der Waals surface area contributed by atoms with Crippen LogP contribution >= 0.6 is 0 Å². The molecule has 0 saturated carbocycles. The van der Waals surface area contributed by atoms with E-state index in [4.69, 9.17) is 5.11 Å². The van der Waals surface area contributed by atoms with Gasteiger partial charge in [0.2, 0.25) is 0 Å². The molecule has 1 fully saturated rings. The molecule has 0 spiro atoms. The van der Waals surface area contributed by atoms with Crippen LogP contribution in [0.4, 0.5) is 5.69 Å². The predicted octanol–water partition coefficient (Wildman–Crippen LogP) is 3.18. The summed E-state index contributed by atoms with van der Waals surface area (Å²) in [5, 5.41) is 8.96. The van der Waals surface area contributed by atoms with Crippen LogP contribution in [0.1, 0.15) is 18.1 Å². The Hall–Kier alpha value is -3.64. The maximum absolute atomic E-state index is 12.4. The number of nitrogens with one attached hydrogen (secondary N) is 1. The van der Waals surface area contributed by atoms with Crippen molar-refractivity contribution >= 4 is 21.9 Å². The lowest BCUT2D eigenvalue weighted by atomic mass is 10.0. The number of carboxylic acids is 1. The van der Waals surface area contributed by atoms with Crippen LogP contribution in [-0.4, -0.2) is 56.0 Å². The molecule has 7 nitrogen and oxygen atoms in total. The van der Waals surface area contributed by atoms with E-state index >= 15 is 0 Å². The highest BCUT2D eigenvalue weighted by atomic mass is 32.2. The monoisotopic (exact) mass is 489 g/mol. The van der Waals surface area contributed by atoms with Gasteiger partial charge in [-0.2, -0.15) is 17.4 Å². The number of hydrogen-bond donors (Lipinski definition) is 2. The minimum absolute atomic E-state index is 0.279. The summed E-state index contributed by atoms with van der Waals surface area (Å²) >= 11 is 0. The third-order valence-electron chi connectivity index (χ3n) is 5.83. The van der Waals surface area contributed by atoms with E-state index in [1.165, 1.54) is 11.2 Å². The van der Waals surface area contributed by atoms with E-state index in [2.05, 4.69) is 45.7 Å². The molecule has 3 aromatic rings. The zero-order valence-electron chi connectivity index (χ0n) is 19.4. The molecular weight excluding hydrogens is 462 g/mol. The van der Waals surface area contributed by atoms with E-state index in [0.717, 1.165) is 27.9 Å². The van der Waals surface area contributed by atoms with Crippen molar-refractivity contribution in [2.45, 2.75) is 13.0 Å². The van der Waals surface area contributed by atoms with E-state index in [1.54, 1.807) is 0 Å². The number of anilines is 1. The molecule has 8 heteroatoms. The van der Waals surface area contributed by atoms with Crippen molar-refractivity contribution in [1.29, 1.82) is 0 Å². The fourth-order valence-electron chi connectivity index (χ4n) is 3.84. The van der Waals surface area contributed by atoms with E-state index in [9.17, 15) is 13.2 Å². The van der Waals surface area contributed by atoms with Crippen molar-refractivity contribution < 1.29 is 18.3 Å². The van der Waals surface area contributed by atoms with E-state index in [0.29, 0.717) is 13.1 Å². The molecule has 3 aromatic carbocycles. The fraction of sp³-hybridized carbons (Fsp3) is 0.222. The molecule has 0 radical (unpaired) electrons. The highest BCUT2D eigenvalue weighted by Gasteiger charge is 2.29. The maximum Gasteiger partial charge on any atom is 0.321 e. The fourth-order valence-corrected chi connectivity index (χ4v) is 5.18. The Kier molecular flexibility index (Phi) is 7.51. The number of nitrogens with zero attached hydrogens (tertiary/aromatic N) is 2. The van der Waals surface area contributed by atoms with Crippen molar-refractivity contribution in [3.05, 3.63) is 90.0 Å². The van der Waals surface area contributed by atoms with Gasteiger partial charge in [-0.15, -0.1) is 0 Å². The highest BCUT2D eigenvalue weighted by Crippen LogP contribution is 2.20. The number of piperazine rings is 1. The van der Waals surface area contributed by atoms with Crippen molar-refractivity contribution in [1.82, 2.24) is 9.03 Å². The summed E-state index contributed by atoms with van der Waals surface area (Å²) in [5.74, 6) is 5.23. The molecule has 1 aliphatic heterocycles. The minimum atomic E-state index is -3.84. The van der Waals surface area contributed by atoms with Gasteiger partial charge in [0.25, 0.3) is 10.2 Å². The molecule has 0 unspecified atom stereocenters. The van der Waals surface area contributed by atoms with Gasteiger partial charge in [-0.1, -0.05) is 54.3 Å². The lowest BCUT2D eigenvalue weighted by Crippen LogP contribution is -2.54. The van der Waals surface area contributed by atoms with Gasteiger partial charge in [0.15, 0.2) is 0 Å². The summed E-state index contributed by atoms with van der Waals surface area (Å²) in [6, 6.07) is 25.1. The Bertz CT molecular complexity index is 1340. The molecule has 1 saturated heterocycles. The van der Waals surface area contributed by atoms with E-state index < -0.39 is 22.2 Å². The topological polar surface area (TPSA) is 90.0 Å². The molecule has 1 heterocycles. The van der Waals surface area contributed by atoms with Crippen LogP contribution < -0.4 is 9.62 Å². The van der Waals surface area contributed by atoms with Crippen molar-refractivity contribution in [3.8, 4) is 23.0 Å². The Morgan fingerprint density at radius 1 is 0.857 bits per heavy atom. The van der Waals surface area contributed by atoms with Gasteiger partial charge in [0.1, 0.15) is 6.04 Å². The van der Waals surface area contributed by atoms with Crippen LogP contribution in [-0.2, 0) is 15.0 Å². The van der Waals surface area contributed by atoms with Crippen LogP contribution in [0.3, 0.4) is 0 Å². The lowest BCUT2D eigenvalue weighted by Gasteiger charge is -2.35. The molecule has 1 aliphatic rings. The highest BCUT2D eigenvalue weighted by molar-refractivity contribution is 7.87. The lowest BCUT2D eigenvalue weighted by molar-refractivity contribution is -0.138. The zero-order chi connectivity index (χ0) is 24.8. The molecule has 4 rings (SSSR count). The van der Waals surface area contributed by atoms with Crippen LogP contribution in [0, 0.1) is 11.8 Å². The molecule has 35 heavy (non-hydrogen) atoms. The van der Waals surface area contributed by atoms with Crippen molar-refractivity contribution in [3.63, 3.8) is 0 Å². The van der Waals surface area contributed by atoms with Gasteiger partial charge in [0, 0.05) is 43.0 Å². The maximum atomic E-state index is 12.4. The average molecular weight is 490 g/mol. The van der Waals surface area contributed by atoms with Gasteiger partial charge in [-0.25, -0.2) is 0 Å². The number of hydrogen-bond acceptors (Lipinski definition) is 4. The second-order valence-corrected chi connectivity index (χ2v) is 10.0. The largest absolute Gasteiger partial charge is 0.480 e. The number of carboxylic acid groups (broad SMARTS) is 1. The molecule has 0 bridgehead atoms. The summed E-state index contributed by atoms with van der Waals surface area (Å²) < 4.78 is 28.3.